The molecular weight excluding hydrogens is 536 g/mol. The predicted octanol–water partition coefficient (Wildman–Crippen LogP) is 4.90. The van der Waals surface area contributed by atoms with Crippen LogP contribution in [-0.4, -0.2) is 84.0 Å². The molecule has 0 unspecified atom stereocenters. The largest absolute Gasteiger partial charge is 0.361 e. The molecule has 4 aliphatic rings. The highest BCUT2D eigenvalue weighted by Crippen LogP contribution is 2.39. The molecule has 0 saturated heterocycles. The number of pyridine rings is 1. The van der Waals surface area contributed by atoms with Crippen LogP contribution in [0.25, 0.3) is 27.5 Å². The van der Waals surface area contributed by atoms with Gasteiger partial charge in [-0.15, -0.1) is 0 Å². The van der Waals surface area contributed by atoms with Gasteiger partial charge in [-0.3, -0.25) is 0 Å². The quantitative estimate of drug-likeness (QED) is 0.332. The number of rotatable bonds is 5. The van der Waals surface area contributed by atoms with Crippen molar-refractivity contribution in [3.05, 3.63) is 98.1 Å². The van der Waals surface area contributed by atoms with Crippen molar-refractivity contribution in [3.8, 4) is 5.69 Å². The summed E-state index contributed by atoms with van der Waals surface area (Å²) >= 11 is 0. The summed E-state index contributed by atoms with van der Waals surface area (Å²) in [5.41, 5.74) is 5.78. The molecule has 4 aromatic rings. The maximum atomic E-state index is 5.15. The van der Waals surface area contributed by atoms with E-state index in [2.05, 4.69) is 170 Å². The Morgan fingerprint density at radius 3 is 1.21 bits per heavy atom. The average Bonchev–Trinajstić information content (AvgIpc) is 3.84. The van der Waals surface area contributed by atoms with Gasteiger partial charge in [-0.1, -0.05) is 12.1 Å². The zero-order valence-corrected chi connectivity index (χ0v) is 25.0. The molecule has 2 aromatic heterocycles. The van der Waals surface area contributed by atoms with E-state index < -0.39 is 0 Å². The third-order valence-electron chi connectivity index (χ3n) is 8.53. The second kappa shape index (κ2) is 9.65. The van der Waals surface area contributed by atoms with Gasteiger partial charge in [0.15, 0.2) is 0 Å². The molecule has 0 fully saturated rings. The standard InChI is InChI=1S/C33H36N10/c1-35-9-13-39(21-35)25-5-7-28-29-8-6-26(40-14-10-36(2)22-40)18-31(29)43(30(28)17-25)27-19-32(41-15-11-37(3)23-41)34-33(20-27)42-16-12-38(4)24-42/h5-20H,21-24H2,1-4H3. The van der Waals surface area contributed by atoms with Crippen molar-refractivity contribution in [2.45, 2.75) is 0 Å². The number of benzene rings is 2. The highest BCUT2D eigenvalue weighted by atomic mass is 15.4. The van der Waals surface area contributed by atoms with Crippen LogP contribution in [0.15, 0.2) is 98.1 Å². The molecule has 218 valence electrons. The highest BCUT2D eigenvalue weighted by molar-refractivity contribution is 6.11. The van der Waals surface area contributed by atoms with Crippen molar-refractivity contribution in [2.75, 3.05) is 74.5 Å². The molecule has 0 spiro atoms. The van der Waals surface area contributed by atoms with Gasteiger partial charge >= 0.3 is 0 Å². The van der Waals surface area contributed by atoms with E-state index >= 15 is 0 Å². The SMILES string of the molecule is CN1C=CN(c2ccc3c4ccc(N5C=CN(C)C5)cc4n(-c4cc(N5C=CN(C)C5)nc(N5C=CN(C)C5)c4)c3c2)C1. The lowest BCUT2D eigenvalue weighted by molar-refractivity contribution is 0.492. The highest BCUT2D eigenvalue weighted by Gasteiger charge is 2.23. The second-order valence-electron chi connectivity index (χ2n) is 11.9. The van der Waals surface area contributed by atoms with E-state index in [1.54, 1.807) is 0 Å². The lowest BCUT2D eigenvalue weighted by Gasteiger charge is -2.23. The number of anilines is 4. The van der Waals surface area contributed by atoms with Crippen molar-refractivity contribution in [1.29, 1.82) is 0 Å². The molecule has 0 bridgehead atoms. The van der Waals surface area contributed by atoms with Gasteiger partial charge < -0.3 is 43.8 Å². The number of hydrogen-bond acceptors (Lipinski definition) is 9. The molecule has 8 rings (SSSR count). The number of hydrogen-bond donors (Lipinski definition) is 0. The lowest BCUT2D eigenvalue weighted by atomic mass is 10.1. The molecule has 10 nitrogen and oxygen atoms in total. The van der Waals surface area contributed by atoms with Crippen LogP contribution in [0.3, 0.4) is 0 Å². The molecule has 43 heavy (non-hydrogen) atoms. The summed E-state index contributed by atoms with van der Waals surface area (Å²) in [6.07, 6.45) is 16.9. The minimum Gasteiger partial charge on any atom is -0.361 e. The molecule has 0 amide bonds. The molecule has 4 aliphatic heterocycles. The maximum Gasteiger partial charge on any atom is 0.138 e. The number of fused-ring (bicyclic) bond motifs is 3. The van der Waals surface area contributed by atoms with Gasteiger partial charge in [-0.05, 0) is 24.3 Å². The number of nitrogens with zero attached hydrogens (tertiary/aromatic N) is 10. The Labute approximate surface area is 252 Å². The van der Waals surface area contributed by atoms with Gasteiger partial charge in [-0.25, -0.2) is 4.98 Å². The van der Waals surface area contributed by atoms with E-state index in [1.165, 1.54) is 33.2 Å². The third kappa shape index (κ3) is 4.37. The van der Waals surface area contributed by atoms with Gasteiger partial charge in [-0.2, -0.15) is 0 Å². The molecule has 6 heterocycles. The minimum atomic E-state index is 0.761. The van der Waals surface area contributed by atoms with Crippen LogP contribution < -0.4 is 19.6 Å². The lowest BCUT2D eigenvalue weighted by Crippen LogP contribution is -2.25. The summed E-state index contributed by atoms with van der Waals surface area (Å²) in [7, 11) is 8.38. The third-order valence-corrected chi connectivity index (χ3v) is 8.53. The van der Waals surface area contributed by atoms with Crippen molar-refractivity contribution in [1.82, 2.24) is 29.2 Å². The molecule has 10 heteroatoms. The predicted molar refractivity (Wildman–Crippen MR) is 176 cm³/mol. The molecule has 2 aromatic carbocycles. The van der Waals surface area contributed by atoms with Gasteiger partial charge in [0.05, 0.1) is 43.4 Å². The molecule has 0 radical (unpaired) electrons. The fourth-order valence-corrected chi connectivity index (χ4v) is 6.29. The van der Waals surface area contributed by atoms with Crippen molar-refractivity contribution >= 4 is 44.8 Å². The summed E-state index contributed by atoms with van der Waals surface area (Å²) in [5.74, 6) is 1.85. The van der Waals surface area contributed by atoms with E-state index in [1.807, 2.05) is 0 Å². The zero-order valence-electron chi connectivity index (χ0n) is 25.0. The molecule has 0 atom stereocenters. The normalized spacial score (nSPS) is 18.0. The minimum absolute atomic E-state index is 0.761. The summed E-state index contributed by atoms with van der Waals surface area (Å²) < 4.78 is 2.42. The Morgan fingerprint density at radius 1 is 0.442 bits per heavy atom. The monoisotopic (exact) mass is 572 g/mol. The van der Waals surface area contributed by atoms with Gasteiger partial charge in [0.1, 0.15) is 11.6 Å². The first-order valence-corrected chi connectivity index (χ1v) is 14.6. The van der Waals surface area contributed by atoms with E-state index in [0.717, 1.165) is 44.0 Å². The zero-order chi connectivity index (χ0) is 29.2. The Hall–Kier alpha value is -5.25. The van der Waals surface area contributed by atoms with Crippen LogP contribution in [0.5, 0.6) is 0 Å². The molecule has 0 aliphatic carbocycles. The Balaban J connectivity index is 1.36. The first kappa shape index (κ1) is 25.5. The van der Waals surface area contributed by atoms with Crippen molar-refractivity contribution in [2.24, 2.45) is 0 Å². The molecule has 0 N–H and O–H groups in total. The van der Waals surface area contributed by atoms with Crippen molar-refractivity contribution < 1.29 is 0 Å². The fraction of sp³-hybridized carbons (Fsp3) is 0.242. The van der Waals surface area contributed by atoms with Crippen LogP contribution in [0, 0.1) is 0 Å². The van der Waals surface area contributed by atoms with E-state index in [9.17, 15) is 0 Å². The molecule has 0 saturated carbocycles. The van der Waals surface area contributed by atoms with Crippen molar-refractivity contribution in [3.63, 3.8) is 0 Å². The van der Waals surface area contributed by atoms with E-state index in [-0.39, 0.29) is 0 Å². The summed E-state index contributed by atoms with van der Waals surface area (Å²) in [6.45, 7) is 3.18. The van der Waals surface area contributed by atoms with Crippen LogP contribution in [0.1, 0.15) is 0 Å². The first-order valence-electron chi connectivity index (χ1n) is 14.6. The average molecular weight is 573 g/mol. The first-order chi connectivity index (χ1) is 20.9. The maximum absolute atomic E-state index is 5.15. The van der Waals surface area contributed by atoms with Gasteiger partial charge in [0.25, 0.3) is 0 Å². The molecular formula is C33H36N10. The van der Waals surface area contributed by atoms with Crippen LogP contribution >= 0.6 is 0 Å². The van der Waals surface area contributed by atoms with E-state index in [0.29, 0.717) is 0 Å². The Kier molecular flexibility index (Phi) is 5.72. The van der Waals surface area contributed by atoms with Crippen LogP contribution in [0.4, 0.5) is 23.0 Å². The smallest absolute Gasteiger partial charge is 0.138 e. The Morgan fingerprint density at radius 2 is 0.837 bits per heavy atom. The van der Waals surface area contributed by atoms with Crippen LogP contribution in [-0.2, 0) is 0 Å². The van der Waals surface area contributed by atoms with Gasteiger partial charge in [0, 0.05) is 112 Å². The topological polar surface area (TPSA) is 43.7 Å². The summed E-state index contributed by atoms with van der Waals surface area (Å²) in [5, 5.41) is 2.47. The summed E-state index contributed by atoms with van der Waals surface area (Å²) in [6, 6.07) is 18.1. The van der Waals surface area contributed by atoms with E-state index in [4.69, 9.17) is 4.98 Å². The van der Waals surface area contributed by atoms with Gasteiger partial charge in [0.2, 0.25) is 0 Å². The fourth-order valence-electron chi connectivity index (χ4n) is 6.29. The number of aromatic nitrogens is 2. The summed E-state index contributed by atoms with van der Waals surface area (Å²) in [4.78, 5) is 22.8. The second-order valence-corrected chi connectivity index (χ2v) is 11.9. The van der Waals surface area contributed by atoms with Crippen LogP contribution in [0.2, 0.25) is 0 Å². The Bertz CT molecular complexity index is 1720.